The minimum Gasteiger partial charge on any atom is -0.544 e. The van der Waals surface area contributed by atoms with Crippen LogP contribution < -0.4 is 5.11 Å². The van der Waals surface area contributed by atoms with Gasteiger partial charge in [0.15, 0.2) is 0 Å². The number of likely N-dealkylation sites (N-methyl/N-ethyl adjacent to an activating group) is 1. The first-order chi connectivity index (χ1) is 17.7. The third kappa shape index (κ3) is 6.88. The number of rotatable bonds is 16. The number of carbonyl (C=O) groups excluding carboxylic acids is 1. The maximum atomic E-state index is 14.4. The zero-order valence-corrected chi connectivity index (χ0v) is 21.0. The standard InChI is InChI=1S/C17H19F15N2O6S/c1-34(2,8-10(37)38)7-3-5-33(6-4-9(35)36)41(39,40)17(31,32)15(26,27)13(22,23)11(18,19)12(20,21)14(24,25)16(28,29)30/h3-8H2,1-2H3,(H-,35,36,37,38). The van der Waals surface area contributed by atoms with E-state index in [0.717, 1.165) is 14.1 Å². The smallest absolute Gasteiger partial charge is 0.460 e. The Morgan fingerprint density at radius 3 is 1.49 bits per heavy atom. The maximum absolute atomic E-state index is 14.4. The van der Waals surface area contributed by atoms with Gasteiger partial charge in [-0.2, -0.15) is 70.2 Å². The molecule has 0 fully saturated rings. The van der Waals surface area contributed by atoms with Gasteiger partial charge in [-0.1, -0.05) is 0 Å². The van der Waals surface area contributed by atoms with Crippen molar-refractivity contribution in [3.05, 3.63) is 0 Å². The van der Waals surface area contributed by atoms with Crippen molar-refractivity contribution in [2.45, 2.75) is 53.9 Å². The Balaban J connectivity index is 6.76. The van der Waals surface area contributed by atoms with E-state index in [4.69, 9.17) is 5.11 Å². The molecule has 0 atom stereocenters. The zero-order chi connectivity index (χ0) is 33.5. The second-order valence-electron chi connectivity index (χ2n) is 8.98. The molecule has 1 N–H and O–H groups in total. The summed E-state index contributed by atoms with van der Waals surface area (Å²) in [7, 11) is -5.38. The first-order valence-electron chi connectivity index (χ1n) is 10.3. The summed E-state index contributed by atoms with van der Waals surface area (Å²) < 4.78 is 224. The summed E-state index contributed by atoms with van der Waals surface area (Å²) in [5.74, 6) is -46.3. The minimum absolute atomic E-state index is 0.581. The molecule has 244 valence electrons. The molecular weight excluding hydrogens is 645 g/mol. The lowest BCUT2D eigenvalue weighted by atomic mass is 9.94. The third-order valence-electron chi connectivity index (χ3n) is 5.27. The van der Waals surface area contributed by atoms with Gasteiger partial charge in [-0.15, -0.1) is 0 Å². The van der Waals surface area contributed by atoms with Gasteiger partial charge in [-0.25, -0.2) is 8.42 Å². The molecule has 0 radical (unpaired) electrons. The lowest BCUT2D eigenvalue weighted by molar-refractivity contribution is -0.884. The average Bonchev–Trinajstić information content (AvgIpc) is 2.72. The number of sulfonamides is 1. The number of quaternary nitrogens is 1. The van der Waals surface area contributed by atoms with Crippen molar-refractivity contribution in [1.29, 1.82) is 0 Å². The van der Waals surface area contributed by atoms with E-state index >= 15 is 0 Å². The number of carboxylic acid groups (broad SMARTS) is 2. The summed E-state index contributed by atoms with van der Waals surface area (Å²) in [6.45, 7) is -4.79. The number of hydrogen-bond donors (Lipinski definition) is 1. The van der Waals surface area contributed by atoms with E-state index in [1.165, 1.54) is 0 Å². The molecule has 41 heavy (non-hydrogen) atoms. The molecule has 0 spiro atoms. The molecule has 0 bridgehead atoms. The summed E-state index contributed by atoms with van der Waals surface area (Å²) in [6, 6.07) is 0. The van der Waals surface area contributed by atoms with Crippen LogP contribution in [0, 0.1) is 0 Å². The van der Waals surface area contributed by atoms with E-state index in [1.807, 2.05) is 0 Å². The van der Waals surface area contributed by atoms with Crippen LogP contribution in [0.1, 0.15) is 12.8 Å². The van der Waals surface area contributed by atoms with Crippen LogP contribution in [0.15, 0.2) is 0 Å². The van der Waals surface area contributed by atoms with Gasteiger partial charge < -0.3 is 19.5 Å². The van der Waals surface area contributed by atoms with Crippen LogP contribution in [-0.4, -0.2) is 116 Å². The summed E-state index contributed by atoms with van der Waals surface area (Å²) in [4.78, 5) is 21.4. The molecule has 0 saturated heterocycles. The molecule has 0 aromatic carbocycles. The number of halogens is 15. The van der Waals surface area contributed by atoms with Gasteiger partial charge in [0.1, 0.15) is 6.54 Å². The van der Waals surface area contributed by atoms with Gasteiger partial charge in [-0.3, -0.25) is 4.79 Å². The third-order valence-corrected chi connectivity index (χ3v) is 7.22. The van der Waals surface area contributed by atoms with Crippen LogP contribution in [0.3, 0.4) is 0 Å². The van der Waals surface area contributed by atoms with Gasteiger partial charge in [0.2, 0.25) is 0 Å². The number of nitrogens with zero attached hydrogens (tertiary/aromatic N) is 2. The Bertz CT molecular complexity index is 1080. The molecular formula is C17H19F15N2O6S. The molecule has 0 aromatic heterocycles. The molecule has 8 nitrogen and oxygen atoms in total. The quantitative estimate of drug-likeness (QED) is 0.201. The van der Waals surface area contributed by atoms with Crippen LogP contribution in [-0.2, 0) is 19.6 Å². The predicted molar refractivity (Wildman–Crippen MR) is 99.9 cm³/mol. The van der Waals surface area contributed by atoms with Gasteiger partial charge in [0.25, 0.3) is 10.0 Å². The highest BCUT2D eigenvalue weighted by Crippen LogP contribution is 2.63. The van der Waals surface area contributed by atoms with Gasteiger partial charge in [-0.05, 0) is 0 Å². The van der Waals surface area contributed by atoms with E-state index in [0.29, 0.717) is 0 Å². The highest BCUT2D eigenvalue weighted by molar-refractivity contribution is 7.90. The van der Waals surface area contributed by atoms with Crippen molar-refractivity contribution in [3.63, 3.8) is 0 Å². The van der Waals surface area contributed by atoms with Crippen molar-refractivity contribution in [1.82, 2.24) is 4.31 Å². The Labute approximate surface area is 219 Å². The monoisotopic (exact) mass is 664 g/mol. The number of alkyl halides is 15. The van der Waals surface area contributed by atoms with Crippen molar-refractivity contribution < 1.29 is 98.6 Å². The van der Waals surface area contributed by atoms with Gasteiger partial charge in [0, 0.05) is 19.5 Å². The van der Waals surface area contributed by atoms with Gasteiger partial charge in [0.05, 0.1) is 33.0 Å². The fourth-order valence-corrected chi connectivity index (χ4v) is 4.43. The van der Waals surface area contributed by atoms with Crippen LogP contribution >= 0.6 is 0 Å². The topological polar surface area (TPSA) is 115 Å². The number of aliphatic carboxylic acids is 2. The summed E-state index contributed by atoms with van der Waals surface area (Å²) >= 11 is 0. The molecule has 0 aliphatic carbocycles. The molecule has 0 aliphatic heterocycles. The summed E-state index contributed by atoms with van der Waals surface area (Å²) in [5.41, 5.74) is 0. The molecule has 0 heterocycles. The number of carboxylic acids is 2. The molecule has 0 aliphatic rings. The zero-order valence-electron chi connectivity index (χ0n) is 20.2. The van der Waals surface area contributed by atoms with Crippen molar-refractivity contribution in [2.24, 2.45) is 0 Å². The molecule has 0 aromatic rings. The Hall–Kier alpha value is -2.24. The number of hydrogen-bond acceptors (Lipinski definition) is 5. The highest BCUT2D eigenvalue weighted by atomic mass is 32.2. The first kappa shape index (κ1) is 38.8. The summed E-state index contributed by atoms with van der Waals surface area (Å²) in [5, 5.41) is 11.6. The van der Waals surface area contributed by atoms with Crippen LogP contribution in [0.4, 0.5) is 65.9 Å². The van der Waals surface area contributed by atoms with Crippen LogP contribution in [0.5, 0.6) is 0 Å². The highest BCUT2D eigenvalue weighted by Gasteiger charge is 2.94. The predicted octanol–water partition coefficient (Wildman–Crippen LogP) is 2.64. The Morgan fingerprint density at radius 1 is 0.732 bits per heavy atom. The van der Waals surface area contributed by atoms with E-state index in [1.54, 1.807) is 0 Å². The molecule has 0 unspecified atom stereocenters. The lowest BCUT2D eigenvalue weighted by Crippen LogP contribution is -2.73. The fraction of sp³-hybridized carbons (Fsp3) is 0.882. The molecule has 0 saturated carbocycles. The van der Waals surface area contributed by atoms with E-state index < -0.39 is 111 Å². The SMILES string of the molecule is C[N+](C)(CCCN(CCC(=O)O)S(=O)(=O)C(F)(F)C(F)(F)C(F)(F)C(F)(F)C(F)(F)C(F)(F)C(F)(F)F)CC(=O)[O-]. The molecule has 0 amide bonds. The van der Waals surface area contributed by atoms with Crippen LogP contribution in [0.2, 0.25) is 0 Å². The Morgan fingerprint density at radius 2 is 1.12 bits per heavy atom. The van der Waals surface area contributed by atoms with E-state index in [9.17, 15) is 89.0 Å². The first-order valence-corrected chi connectivity index (χ1v) is 11.7. The minimum atomic E-state index is -8.71. The normalized spacial score (nSPS) is 15.4. The summed E-state index contributed by atoms with van der Waals surface area (Å²) in [6.07, 6.45) is -10.3. The van der Waals surface area contributed by atoms with E-state index in [-0.39, 0.29) is 0 Å². The second-order valence-corrected chi connectivity index (χ2v) is 11.0. The van der Waals surface area contributed by atoms with Crippen LogP contribution in [0.25, 0.3) is 0 Å². The average molecular weight is 664 g/mol. The molecule has 0 rings (SSSR count). The van der Waals surface area contributed by atoms with Crippen molar-refractivity contribution in [3.8, 4) is 0 Å². The number of carbonyl (C=O) groups is 2. The largest absolute Gasteiger partial charge is 0.544 e. The van der Waals surface area contributed by atoms with Crippen molar-refractivity contribution >= 4 is 22.0 Å². The van der Waals surface area contributed by atoms with Gasteiger partial charge >= 0.3 is 47.0 Å². The molecule has 24 heteroatoms. The second kappa shape index (κ2) is 11.4. The van der Waals surface area contributed by atoms with E-state index in [2.05, 4.69) is 0 Å². The maximum Gasteiger partial charge on any atom is 0.460 e. The van der Waals surface area contributed by atoms with Crippen molar-refractivity contribution in [2.75, 3.05) is 40.3 Å². The fourth-order valence-electron chi connectivity index (χ4n) is 2.95. The Kier molecular flexibility index (Phi) is 10.8. The lowest BCUT2D eigenvalue weighted by Gasteiger charge is -2.41.